The summed E-state index contributed by atoms with van der Waals surface area (Å²) in [6.45, 7) is 6.03. The summed E-state index contributed by atoms with van der Waals surface area (Å²) in [6.07, 6.45) is 6.76. The lowest BCUT2D eigenvalue weighted by Crippen LogP contribution is -2.41. The molecule has 14 heavy (non-hydrogen) atoms. The summed E-state index contributed by atoms with van der Waals surface area (Å²) < 4.78 is 4.87. The molecule has 0 aliphatic heterocycles. The van der Waals surface area contributed by atoms with Gasteiger partial charge in [0.15, 0.2) is 0 Å². The summed E-state index contributed by atoms with van der Waals surface area (Å²) in [5.74, 6) is 2.36. The van der Waals surface area contributed by atoms with Crippen LogP contribution in [0.3, 0.4) is 0 Å². The molecule has 0 aromatic rings. The summed E-state index contributed by atoms with van der Waals surface area (Å²) in [6, 6.07) is -0.0901. The lowest BCUT2D eigenvalue weighted by atomic mass is 10.1. The van der Waals surface area contributed by atoms with Crippen LogP contribution in [0.15, 0.2) is 0 Å². The number of terminal acetylenes is 1. The van der Waals surface area contributed by atoms with E-state index in [1.165, 1.54) is 0 Å². The van der Waals surface area contributed by atoms with E-state index in [-0.39, 0.29) is 18.1 Å². The molecule has 0 heterocycles. The van der Waals surface area contributed by atoms with E-state index in [9.17, 15) is 4.79 Å². The normalized spacial score (nSPS) is 14.1. The Bertz CT molecular complexity index is 208. The Morgan fingerprint density at radius 2 is 2.21 bits per heavy atom. The number of ether oxygens (including phenoxy) is 1. The number of nitrogens with one attached hydrogen (secondary N) is 1. The van der Waals surface area contributed by atoms with Crippen LogP contribution in [0.1, 0.15) is 33.6 Å². The average molecular weight is 197 g/mol. The SMILES string of the molecule is C#CCC(CC)NC(C)C(=O)OCC. The maximum Gasteiger partial charge on any atom is 0.322 e. The molecule has 0 bridgehead atoms. The number of carbonyl (C=O) groups excluding carboxylic acids is 1. The second-order valence-electron chi connectivity index (χ2n) is 3.15. The van der Waals surface area contributed by atoms with E-state index < -0.39 is 0 Å². The fraction of sp³-hybridized carbons (Fsp3) is 0.727. The monoisotopic (exact) mass is 197 g/mol. The molecule has 80 valence electrons. The molecule has 1 N–H and O–H groups in total. The Kier molecular flexibility index (Phi) is 6.87. The average Bonchev–Trinajstić information content (AvgIpc) is 2.17. The topological polar surface area (TPSA) is 38.3 Å². The van der Waals surface area contributed by atoms with Gasteiger partial charge in [-0.25, -0.2) is 0 Å². The zero-order chi connectivity index (χ0) is 11.0. The van der Waals surface area contributed by atoms with E-state index in [4.69, 9.17) is 11.2 Å². The summed E-state index contributed by atoms with van der Waals surface area (Å²) in [4.78, 5) is 11.3. The summed E-state index contributed by atoms with van der Waals surface area (Å²) in [5, 5.41) is 3.14. The van der Waals surface area contributed by atoms with Gasteiger partial charge in [0.25, 0.3) is 0 Å². The van der Waals surface area contributed by atoms with Gasteiger partial charge < -0.3 is 10.1 Å². The Morgan fingerprint density at radius 1 is 1.57 bits per heavy atom. The van der Waals surface area contributed by atoms with Crippen LogP contribution in [0.2, 0.25) is 0 Å². The van der Waals surface area contributed by atoms with Gasteiger partial charge in [-0.05, 0) is 20.3 Å². The van der Waals surface area contributed by atoms with Crippen LogP contribution in [0.25, 0.3) is 0 Å². The van der Waals surface area contributed by atoms with Gasteiger partial charge in [-0.2, -0.15) is 0 Å². The molecule has 2 unspecified atom stereocenters. The van der Waals surface area contributed by atoms with E-state index in [2.05, 4.69) is 11.2 Å². The van der Waals surface area contributed by atoms with Gasteiger partial charge in [0.2, 0.25) is 0 Å². The number of hydrogen-bond acceptors (Lipinski definition) is 3. The van der Waals surface area contributed by atoms with Gasteiger partial charge >= 0.3 is 5.97 Å². The lowest BCUT2D eigenvalue weighted by Gasteiger charge is -2.19. The van der Waals surface area contributed by atoms with Crippen molar-refractivity contribution in [3.8, 4) is 12.3 Å². The standard InChI is InChI=1S/C11H19NO2/c1-5-8-10(6-2)12-9(4)11(13)14-7-3/h1,9-10,12H,6-8H2,2-4H3. The van der Waals surface area contributed by atoms with Crippen molar-refractivity contribution in [2.24, 2.45) is 0 Å². The van der Waals surface area contributed by atoms with Crippen molar-refractivity contribution in [2.45, 2.75) is 45.7 Å². The summed E-state index contributed by atoms with van der Waals surface area (Å²) >= 11 is 0. The largest absolute Gasteiger partial charge is 0.465 e. The third kappa shape index (κ3) is 4.88. The molecule has 0 saturated carbocycles. The first-order valence-corrected chi connectivity index (χ1v) is 5.01. The molecule has 0 aromatic heterocycles. The van der Waals surface area contributed by atoms with Gasteiger partial charge in [0.05, 0.1) is 6.61 Å². The van der Waals surface area contributed by atoms with Crippen LogP contribution >= 0.6 is 0 Å². The van der Waals surface area contributed by atoms with Crippen molar-refractivity contribution < 1.29 is 9.53 Å². The van der Waals surface area contributed by atoms with Crippen LogP contribution in [-0.2, 0) is 9.53 Å². The van der Waals surface area contributed by atoms with Crippen molar-refractivity contribution in [2.75, 3.05) is 6.61 Å². The molecule has 3 nitrogen and oxygen atoms in total. The number of carbonyl (C=O) groups is 1. The van der Waals surface area contributed by atoms with Crippen molar-refractivity contribution >= 4 is 5.97 Å². The molecular weight excluding hydrogens is 178 g/mol. The molecular formula is C11H19NO2. The Balaban J connectivity index is 3.95. The van der Waals surface area contributed by atoms with Gasteiger partial charge in [-0.3, -0.25) is 4.79 Å². The second-order valence-corrected chi connectivity index (χ2v) is 3.15. The maximum atomic E-state index is 11.3. The maximum absolute atomic E-state index is 11.3. The van der Waals surface area contributed by atoms with Crippen molar-refractivity contribution in [3.05, 3.63) is 0 Å². The molecule has 0 saturated heterocycles. The van der Waals surface area contributed by atoms with Crippen LogP contribution in [0.5, 0.6) is 0 Å². The highest BCUT2D eigenvalue weighted by Gasteiger charge is 2.16. The van der Waals surface area contributed by atoms with Crippen LogP contribution < -0.4 is 5.32 Å². The number of esters is 1. The molecule has 0 aromatic carbocycles. The zero-order valence-electron chi connectivity index (χ0n) is 9.17. The Labute approximate surface area is 86.2 Å². The van der Waals surface area contributed by atoms with E-state index >= 15 is 0 Å². The predicted octanol–water partition coefficient (Wildman–Crippen LogP) is 1.33. The molecule has 0 aliphatic carbocycles. The molecule has 0 fully saturated rings. The molecule has 0 aliphatic rings. The number of hydrogen-bond donors (Lipinski definition) is 1. The molecule has 0 rings (SSSR count). The van der Waals surface area contributed by atoms with Gasteiger partial charge in [-0.1, -0.05) is 6.92 Å². The molecule has 0 radical (unpaired) electrons. The predicted molar refractivity (Wildman–Crippen MR) is 56.8 cm³/mol. The first kappa shape index (κ1) is 13.0. The van der Waals surface area contributed by atoms with E-state index in [1.807, 2.05) is 6.92 Å². The fourth-order valence-electron chi connectivity index (χ4n) is 1.15. The van der Waals surface area contributed by atoms with Gasteiger partial charge in [0, 0.05) is 12.5 Å². The highest BCUT2D eigenvalue weighted by molar-refractivity contribution is 5.75. The third-order valence-corrected chi connectivity index (χ3v) is 1.98. The quantitative estimate of drug-likeness (QED) is 0.515. The first-order chi connectivity index (χ1) is 6.65. The van der Waals surface area contributed by atoms with Crippen molar-refractivity contribution in [3.63, 3.8) is 0 Å². The van der Waals surface area contributed by atoms with E-state index in [0.717, 1.165) is 6.42 Å². The molecule has 3 heteroatoms. The highest BCUT2D eigenvalue weighted by atomic mass is 16.5. The molecule has 0 spiro atoms. The van der Waals surface area contributed by atoms with Gasteiger partial charge in [-0.15, -0.1) is 12.3 Å². The van der Waals surface area contributed by atoms with Gasteiger partial charge in [0.1, 0.15) is 6.04 Å². The number of rotatable bonds is 6. The van der Waals surface area contributed by atoms with Crippen LogP contribution in [-0.4, -0.2) is 24.7 Å². The Hall–Kier alpha value is -1.01. The zero-order valence-corrected chi connectivity index (χ0v) is 9.17. The fourth-order valence-corrected chi connectivity index (χ4v) is 1.15. The lowest BCUT2D eigenvalue weighted by molar-refractivity contribution is -0.145. The third-order valence-electron chi connectivity index (χ3n) is 1.98. The minimum Gasteiger partial charge on any atom is -0.465 e. The van der Waals surface area contributed by atoms with Crippen molar-refractivity contribution in [1.29, 1.82) is 0 Å². The highest BCUT2D eigenvalue weighted by Crippen LogP contribution is 1.99. The first-order valence-electron chi connectivity index (χ1n) is 5.01. The second kappa shape index (κ2) is 7.40. The minimum absolute atomic E-state index is 0.194. The van der Waals surface area contributed by atoms with E-state index in [1.54, 1.807) is 13.8 Å². The molecule has 2 atom stereocenters. The summed E-state index contributed by atoms with van der Waals surface area (Å²) in [5.41, 5.74) is 0. The smallest absolute Gasteiger partial charge is 0.322 e. The van der Waals surface area contributed by atoms with Crippen LogP contribution in [0, 0.1) is 12.3 Å². The molecule has 0 amide bonds. The minimum atomic E-state index is -0.284. The van der Waals surface area contributed by atoms with E-state index in [0.29, 0.717) is 13.0 Å². The Morgan fingerprint density at radius 3 is 2.64 bits per heavy atom. The summed E-state index contributed by atoms with van der Waals surface area (Å²) in [7, 11) is 0. The van der Waals surface area contributed by atoms with Crippen molar-refractivity contribution in [1.82, 2.24) is 5.32 Å². The van der Waals surface area contributed by atoms with Crippen LogP contribution in [0.4, 0.5) is 0 Å².